The molecule has 1 atom stereocenters. The van der Waals surface area contributed by atoms with Crippen LogP contribution in [0.15, 0.2) is 83.8 Å². The molecular weight excluding hydrogens is 510 g/mol. The van der Waals surface area contributed by atoms with E-state index in [0.717, 1.165) is 26.6 Å². The van der Waals surface area contributed by atoms with Crippen molar-refractivity contribution in [2.75, 3.05) is 13.6 Å². The van der Waals surface area contributed by atoms with Crippen molar-refractivity contribution in [3.05, 3.63) is 101 Å². The van der Waals surface area contributed by atoms with Crippen LogP contribution in [-0.2, 0) is 32.6 Å². The van der Waals surface area contributed by atoms with Gasteiger partial charge in [0.2, 0.25) is 21.8 Å². The molecule has 0 aliphatic heterocycles. The zero-order chi connectivity index (χ0) is 28.8. The largest absolute Gasteiger partial charge is 0.350 e. The average molecular weight is 550 g/mol. The van der Waals surface area contributed by atoms with E-state index in [1.807, 2.05) is 89.2 Å². The topological polar surface area (TPSA) is 86.8 Å². The minimum atomic E-state index is -3.91. The first-order chi connectivity index (χ1) is 18.3. The number of hydrogen-bond donors (Lipinski definition) is 1. The third kappa shape index (κ3) is 8.25. The molecule has 0 aromatic heterocycles. The van der Waals surface area contributed by atoms with Crippen LogP contribution in [0, 0.1) is 13.8 Å². The lowest BCUT2D eigenvalue weighted by Crippen LogP contribution is -2.56. The molecule has 7 nitrogen and oxygen atoms in total. The molecule has 0 saturated heterocycles. The summed E-state index contributed by atoms with van der Waals surface area (Å²) < 4.78 is 27.6. The molecule has 0 aliphatic carbocycles. The van der Waals surface area contributed by atoms with E-state index in [-0.39, 0.29) is 23.8 Å². The molecule has 0 saturated carbocycles. The van der Waals surface area contributed by atoms with Gasteiger partial charge in [-0.15, -0.1) is 0 Å². The Kier molecular flexibility index (Phi) is 9.69. The maximum atomic E-state index is 13.9. The predicted octanol–water partition coefficient (Wildman–Crippen LogP) is 4.48. The molecule has 208 valence electrons. The first-order valence-corrected chi connectivity index (χ1v) is 14.4. The molecule has 0 spiro atoms. The number of nitrogens with one attached hydrogen (secondary N) is 1. The van der Waals surface area contributed by atoms with E-state index in [0.29, 0.717) is 0 Å². The number of likely N-dealkylation sites (N-methyl/N-ethyl adjacent to an activating group) is 1. The Balaban J connectivity index is 2.00. The summed E-state index contributed by atoms with van der Waals surface area (Å²) >= 11 is 0. The SMILES string of the molecule is Cc1ccc(S(=O)(=O)N(C)CC(=O)N(Cc2ccccc2C)C(Cc2ccccc2)C(=O)NC(C)(C)C)cc1. The summed E-state index contributed by atoms with van der Waals surface area (Å²) in [6.07, 6.45) is 0.287. The van der Waals surface area contributed by atoms with E-state index in [9.17, 15) is 18.0 Å². The van der Waals surface area contributed by atoms with E-state index in [4.69, 9.17) is 0 Å². The smallest absolute Gasteiger partial charge is 0.243 e. The van der Waals surface area contributed by atoms with E-state index in [2.05, 4.69) is 5.32 Å². The molecule has 2 amide bonds. The van der Waals surface area contributed by atoms with E-state index >= 15 is 0 Å². The van der Waals surface area contributed by atoms with Gasteiger partial charge in [-0.1, -0.05) is 72.3 Å². The van der Waals surface area contributed by atoms with Crippen LogP contribution in [0.25, 0.3) is 0 Å². The molecule has 1 unspecified atom stereocenters. The molecule has 0 bridgehead atoms. The van der Waals surface area contributed by atoms with E-state index in [1.54, 1.807) is 12.1 Å². The van der Waals surface area contributed by atoms with Crippen LogP contribution in [0.3, 0.4) is 0 Å². The normalized spacial score (nSPS) is 12.7. The van der Waals surface area contributed by atoms with E-state index in [1.165, 1.54) is 24.1 Å². The van der Waals surface area contributed by atoms with Crippen molar-refractivity contribution < 1.29 is 18.0 Å². The Morgan fingerprint density at radius 3 is 2.05 bits per heavy atom. The quantitative estimate of drug-likeness (QED) is 0.404. The molecule has 1 N–H and O–H groups in total. The van der Waals surface area contributed by atoms with Crippen LogP contribution in [0.4, 0.5) is 0 Å². The van der Waals surface area contributed by atoms with E-state index < -0.39 is 34.1 Å². The molecule has 3 rings (SSSR count). The molecule has 39 heavy (non-hydrogen) atoms. The summed E-state index contributed by atoms with van der Waals surface area (Å²) in [6, 6.07) is 22.9. The fourth-order valence-corrected chi connectivity index (χ4v) is 5.35. The third-order valence-electron chi connectivity index (χ3n) is 6.46. The standard InChI is InChI=1S/C31H39N3O4S/c1-23-16-18-27(19-17-23)39(37,38)33(6)22-29(35)34(21-26-15-11-10-12-24(26)2)28(30(36)32-31(3,4)5)20-25-13-8-7-9-14-25/h7-19,28H,20-22H2,1-6H3,(H,32,36). The number of aryl methyl sites for hydroxylation is 2. The second-order valence-corrected chi connectivity index (χ2v) is 13.0. The van der Waals surface area contributed by atoms with Gasteiger partial charge in [-0.25, -0.2) is 8.42 Å². The molecule has 0 fully saturated rings. The monoisotopic (exact) mass is 549 g/mol. The highest BCUT2D eigenvalue weighted by Crippen LogP contribution is 2.20. The number of carbonyl (C=O) groups is 2. The van der Waals surface area contributed by atoms with Crippen molar-refractivity contribution in [3.63, 3.8) is 0 Å². The molecule has 8 heteroatoms. The summed E-state index contributed by atoms with van der Waals surface area (Å²) in [5.74, 6) is -0.751. The maximum Gasteiger partial charge on any atom is 0.243 e. The highest BCUT2D eigenvalue weighted by Gasteiger charge is 2.34. The van der Waals surface area contributed by atoms with Gasteiger partial charge in [0.05, 0.1) is 11.4 Å². The Morgan fingerprint density at radius 2 is 1.46 bits per heavy atom. The Morgan fingerprint density at radius 1 is 0.872 bits per heavy atom. The van der Waals surface area contributed by atoms with Crippen molar-refractivity contribution in [1.29, 1.82) is 0 Å². The second-order valence-electron chi connectivity index (χ2n) is 11.0. The number of amides is 2. The lowest BCUT2D eigenvalue weighted by atomic mass is 10.00. The Labute approximate surface area is 232 Å². The maximum absolute atomic E-state index is 13.9. The van der Waals surface area contributed by atoms with Crippen LogP contribution >= 0.6 is 0 Å². The Bertz CT molecular complexity index is 1380. The fraction of sp³-hybridized carbons (Fsp3) is 0.355. The van der Waals surface area contributed by atoms with Crippen LogP contribution in [0.2, 0.25) is 0 Å². The molecule has 3 aromatic carbocycles. The number of hydrogen-bond acceptors (Lipinski definition) is 4. The summed E-state index contributed by atoms with van der Waals surface area (Å²) in [7, 11) is -2.52. The van der Waals surface area contributed by atoms with Crippen LogP contribution < -0.4 is 5.32 Å². The molecular formula is C31H39N3O4S. The lowest BCUT2D eigenvalue weighted by Gasteiger charge is -2.35. The van der Waals surface area contributed by atoms with Gasteiger partial charge < -0.3 is 10.2 Å². The third-order valence-corrected chi connectivity index (χ3v) is 8.28. The Hall–Kier alpha value is -3.49. The summed E-state index contributed by atoms with van der Waals surface area (Å²) in [6.45, 7) is 9.25. The molecule has 0 aliphatic rings. The predicted molar refractivity (Wildman–Crippen MR) is 155 cm³/mol. The van der Waals surface area contributed by atoms with Gasteiger partial charge in [0.1, 0.15) is 6.04 Å². The van der Waals surface area contributed by atoms with Crippen molar-refractivity contribution in [3.8, 4) is 0 Å². The average Bonchev–Trinajstić information content (AvgIpc) is 2.87. The minimum absolute atomic E-state index is 0.111. The molecule has 0 heterocycles. The van der Waals surface area contributed by atoms with Gasteiger partial charge in [-0.3, -0.25) is 9.59 Å². The van der Waals surface area contributed by atoms with Crippen molar-refractivity contribution in [2.24, 2.45) is 0 Å². The zero-order valence-electron chi connectivity index (χ0n) is 23.6. The highest BCUT2D eigenvalue weighted by atomic mass is 32.2. The van der Waals surface area contributed by atoms with Crippen molar-refractivity contribution in [2.45, 2.75) is 64.1 Å². The fourth-order valence-electron chi connectivity index (χ4n) is 4.23. The van der Waals surface area contributed by atoms with Gasteiger partial charge in [0.15, 0.2) is 0 Å². The van der Waals surface area contributed by atoms with Crippen LogP contribution in [-0.4, -0.2) is 54.6 Å². The van der Waals surface area contributed by atoms with Crippen LogP contribution in [0.5, 0.6) is 0 Å². The first kappa shape index (κ1) is 30.1. The summed E-state index contributed by atoms with van der Waals surface area (Å²) in [4.78, 5) is 29.2. The van der Waals surface area contributed by atoms with Gasteiger partial charge in [-0.05, 0) is 63.4 Å². The van der Waals surface area contributed by atoms with Gasteiger partial charge in [-0.2, -0.15) is 4.31 Å². The number of carbonyl (C=O) groups excluding carboxylic acids is 2. The van der Waals surface area contributed by atoms with Crippen molar-refractivity contribution >= 4 is 21.8 Å². The highest BCUT2D eigenvalue weighted by molar-refractivity contribution is 7.89. The molecule has 0 radical (unpaired) electrons. The zero-order valence-corrected chi connectivity index (χ0v) is 24.5. The lowest BCUT2D eigenvalue weighted by molar-refractivity contribution is -0.141. The van der Waals surface area contributed by atoms with Crippen LogP contribution in [0.1, 0.15) is 43.0 Å². The first-order valence-electron chi connectivity index (χ1n) is 13.0. The van der Waals surface area contributed by atoms with Gasteiger partial charge >= 0.3 is 0 Å². The number of rotatable bonds is 10. The minimum Gasteiger partial charge on any atom is -0.350 e. The van der Waals surface area contributed by atoms with Gasteiger partial charge in [0, 0.05) is 25.6 Å². The summed E-state index contributed by atoms with van der Waals surface area (Å²) in [5.41, 5.74) is 3.18. The number of benzene rings is 3. The number of sulfonamides is 1. The summed E-state index contributed by atoms with van der Waals surface area (Å²) in [5, 5.41) is 3.03. The van der Waals surface area contributed by atoms with Gasteiger partial charge in [0.25, 0.3) is 0 Å². The number of nitrogens with zero attached hydrogens (tertiary/aromatic N) is 2. The second kappa shape index (κ2) is 12.6. The van der Waals surface area contributed by atoms with Crippen molar-refractivity contribution in [1.82, 2.24) is 14.5 Å². The molecule has 3 aromatic rings.